The van der Waals surface area contributed by atoms with E-state index >= 15 is 0 Å². The van der Waals surface area contributed by atoms with Gasteiger partial charge in [-0.1, -0.05) is 53.7 Å². The van der Waals surface area contributed by atoms with Crippen molar-refractivity contribution in [2.24, 2.45) is 23.7 Å². The molecule has 0 saturated carbocycles. The second-order valence-electron chi connectivity index (χ2n) is 4.80. The molecule has 0 aromatic carbocycles. The van der Waals surface area contributed by atoms with Crippen LogP contribution >= 0.6 is 0 Å². The lowest BCUT2D eigenvalue weighted by molar-refractivity contribution is 0.443. The van der Waals surface area contributed by atoms with E-state index in [9.17, 15) is 0 Å². The Morgan fingerprint density at radius 3 is 1.69 bits per heavy atom. The standard InChI is InChI=1S/C13H26/c1-7-13(11(4)5)9-8-12(6)10(2)3/h8-13H,7H2,1-6H3/b9-8+/t12-,13-/m1/s1. The molecule has 0 unspecified atom stereocenters. The van der Waals surface area contributed by atoms with Crippen molar-refractivity contribution in [1.29, 1.82) is 0 Å². The molecule has 0 amide bonds. The third-order valence-electron chi connectivity index (χ3n) is 3.04. The fraction of sp³-hybridized carbons (Fsp3) is 0.846. The second kappa shape index (κ2) is 6.23. The number of hydrogen-bond acceptors (Lipinski definition) is 0. The van der Waals surface area contributed by atoms with Crippen LogP contribution in [0.2, 0.25) is 0 Å². The van der Waals surface area contributed by atoms with Crippen molar-refractivity contribution < 1.29 is 0 Å². The van der Waals surface area contributed by atoms with E-state index in [2.05, 4.69) is 53.7 Å². The van der Waals surface area contributed by atoms with E-state index < -0.39 is 0 Å². The molecule has 0 radical (unpaired) electrons. The lowest BCUT2D eigenvalue weighted by Crippen LogP contribution is -2.06. The molecule has 13 heavy (non-hydrogen) atoms. The predicted molar refractivity (Wildman–Crippen MR) is 61.8 cm³/mol. The lowest BCUT2D eigenvalue weighted by Gasteiger charge is -2.16. The predicted octanol–water partition coefficient (Wildman–Crippen LogP) is 4.52. The van der Waals surface area contributed by atoms with Gasteiger partial charge in [0.05, 0.1) is 0 Å². The topological polar surface area (TPSA) is 0 Å². The molecule has 0 aliphatic rings. The fourth-order valence-corrected chi connectivity index (χ4v) is 1.37. The molecule has 0 N–H and O–H groups in total. The van der Waals surface area contributed by atoms with Gasteiger partial charge in [-0.15, -0.1) is 0 Å². The molecule has 78 valence electrons. The second-order valence-corrected chi connectivity index (χ2v) is 4.80. The first kappa shape index (κ1) is 12.7. The molecule has 0 aliphatic carbocycles. The highest BCUT2D eigenvalue weighted by atomic mass is 14.1. The first-order chi connectivity index (χ1) is 5.99. The zero-order valence-electron chi connectivity index (χ0n) is 10.2. The molecule has 0 aliphatic heterocycles. The SMILES string of the molecule is CC[C@H](/C=C/[C@@H](C)C(C)C)C(C)C. The summed E-state index contributed by atoms with van der Waals surface area (Å²) in [7, 11) is 0. The van der Waals surface area contributed by atoms with Crippen LogP contribution in [0, 0.1) is 23.7 Å². The Balaban J connectivity index is 4.06. The average Bonchev–Trinajstić information content (AvgIpc) is 2.04. The zero-order chi connectivity index (χ0) is 10.4. The van der Waals surface area contributed by atoms with Crippen molar-refractivity contribution in [3.63, 3.8) is 0 Å². The van der Waals surface area contributed by atoms with E-state index in [0.717, 1.165) is 17.8 Å². The van der Waals surface area contributed by atoms with E-state index in [0.29, 0.717) is 5.92 Å². The maximum absolute atomic E-state index is 2.41. The quantitative estimate of drug-likeness (QED) is 0.548. The third-order valence-corrected chi connectivity index (χ3v) is 3.04. The Morgan fingerprint density at radius 1 is 0.846 bits per heavy atom. The van der Waals surface area contributed by atoms with Crippen LogP contribution in [0.1, 0.15) is 48.0 Å². The van der Waals surface area contributed by atoms with Crippen LogP contribution in [-0.4, -0.2) is 0 Å². The molecule has 0 saturated heterocycles. The van der Waals surface area contributed by atoms with Gasteiger partial charge in [0.1, 0.15) is 0 Å². The van der Waals surface area contributed by atoms with Gasteiger partial charge in [-0.3, -0.25) is 0 Å². The van der Waals surface area contributed by atoms with Crippen molar-refractivity contribution in [2.75, 3.05) is 0 Å². The van der Waals surface area contributed by atoms with Crippen LogP contribution in [0.5, 0.6) is 0 Å². The smallest absolute Gasteiger partial charge is 0.0213 e. The fourth-order valence-electron chi connectivity index (χ4n) is 1.37. The molecular formula is C13H26. The third kappa shape index (κ3) is 5.13. The van der Waals surface area contributed by atoms with Crippen LogP contribution in [0.15, 0.2) is 12.2 Å². The summed E-state index contributed by atoms with van der Waals surface area (Å²) >= 11 is 0. The molecule has 0 bridgehead atoms. The van der Waals surface area contributed by atoms with Gasteiger partial charge >= 0.3 is 0 Å². The average molecular weight is 182 g/mol. The van der Waals surface area contributed by atoms with Gasteiger partial charge in [0.15, 0.2) is 0 Å². The first-order valence-corrected chi connectivity index (χ1v) is 5.67. The Bertz CT molecular complexity index is 142. The summed E-state index contributed by atoms with van der Waals surface area (Å²) in [5, 5.41) is 0. The van der Waals surface area contributed by atoms with E-state index in [1.165, 1.54) is 6.42 Å². The normalized spacial score (nSPS) is 17.2. The number of allylic oxidation sites excluding steroid dienone is 2. The van der Waals surface area contributed by atoms with Crippen LogP contribution in [0.25, 0.3) is 0 Å². The minimum atomic E-state index is 0.716. The number of rotatable bonds is 5. The van der Waals surface area contributed by atoms with Gasteiger partial charge in [0, 0.05) is 0 Å². The molecule has 0 nitrogen and oxygen atoms in total. The molecule has 0 heterocycles. The maximum Gasteiger partial charge on any atom is -0.0213 e. The summed E-state index contributed by atoms with van der Waals surface area (Å²) in [5.41, 5.74) is 0. The largest absolute Gasteiger partial charge is 0.0852 e. The van der Waals surface area contributed by atoms with Crippen LogP contribution in [0.4, 0.5) is 0 Å². The Hall–Kier alpha value is -0.260. The van der Waals surface area contributed by atoms with Gasteiger partial charge in [0.2, 0.25) is 0 Å². The maximum atomic E-state index is 2.41. The lowest BCUT2D eigenvalue weighted by atomic mass is 9.90. The van der Waals surface area contributed by atoms with Gasteiger partial charge in [-0.05, 0) is 30.1 Å². The highest BCUT2D eigenvalue weighted by molar-refractivity contribution is 4.93. The minimum Gasteiger partial charge on any atom is -0.0852 e. The summed E-state index contributed by atoms with van der Waals surface area (Å²) in [4.78, 5) is 0. The van der Waals surface area contributed by atoms with Crippen LogP contribution < -0.4 is 0 Å². The van der Waals surface area contributed by atoms with Crippen molar-refractivity contribution >= 4 is 0 Å². The van der Waals surface area contributed by atoms with E-state index in [4.69, 9.17) is 0 Å². The van der Waals surface area contributed by atoms with E-state index in [1.54, 1.807) is 0 Å². The molecule has 0 aromatic rings. The molecule has 0 heteroatoms. The molecule has 0 spiro atoms. The van der Waals surface area contributed by atoms with Gasteiger partial charge in [0.25, 0.3) is 0 Å². The molecule has 0 aromatic heterocycles. The molecular weight excluding hydrogens is 156 g/mol. The van der Waals surface area contributed by atoms with Gasteiger partial charge < -0.3 is 0 Å². The van der Waals surface area contributed by atoms with Crippen molar-refractivity contribution in [3.05, 3.63) is 12.2 Å². The van der Waals surface area contributed by atoms with Crippen LogP contribution in [-0.2, 0) is 0 Å². The molecule has 0 fully saturated rings. The Labute approximate surface area is 84.4 Å². The van der Waals surface area contributed by atoms with Gasteiger partial charge in [-0.2, -0.15) is 0 Å². The van der Waals surface area contributed by atoms with Gasteiger partial charge in [-0.25, -0.2) is 0 Å². The summed E-state index contributed by atoms with van der Waals surface area (Å²) in [6, 6.07) is 0. The Kier molecular flexibility index (Phi) is 6.11. The zero-order valence-corrected chi connectivity index (χ0v) is 10.2. The van der Waals surface area contributed by atoms with E-state index in [-0.39, 0.29) is 0 Å². The highest BCUT2D eigenvalue weighted by Gasteiger charge is 2.08. The summed E-state index contributed by atoms with van der Waals surface area (Å²) in [6.45, 7) is 13.7. The Morgan fingerprint density at radius 2 is 1.38 bits per heavy atom. The highest BCUT2D eigenvalue weighted by Crippen LogP contribution is 2.19. The van der Waals surface area contributed by atoms with Crippen molar-refractivity contribution in [3.8, 4) is 0 Å². The minimum absolute atomic E-state index is 0.716. The van der Waals surface area contributed by atoms with Crippen molar-refractivity contribution in [2.45, 2.75) is 48.0 Å². The number of hydrogen-bond donors (Lipinski definition) is 0. The molecule has 2 atom stereocenters. The summed E-state index contributed by atoms with van der Waals surface area (Å²) < 4.78 is 0. The summed E-state index contributed by atoms with van der Waals surface area (Å²) in [5.74, 6) is 3.02. The monoisotopic (exact) mass is 182 g/mol. The summed E-state index contributed by atoms with van der Waals surface area (Å²) in [6.07, 6.45) is 6.06. The first-order valence-electron chi connectivity index (χ1n) is 5.67. The van der Waals surface area contributed by atoms with E-state index in [1.807, 2.05) is 0 Å². The van der Waals surface area contributed by atoms with Crippen LogP contribution in [0.3, 0.4) is 0 Å². The van der Waals surface area contributed by atoms with Crippen molar-refractivity contribution in [1.82, 2.24) is 0 Å². The molecule has 0 rings (SSSR count).